The van der Waals surface area contributed by atoms with E-state index in [0.717, 1.165) is 18.2 Å². The van der Waals surface area contributed by atoms with Crippen LogP contribution in [0, 0.1) is 17.6 Å². The average molecular weight is 255 g/mol. The Balaban J connectivity index is 2.34. The second-order valence-electron chi connectivity index (χ2n) is 4.57. The van der Waals surface area contributed by atoms with Crippen LogP contribution in [0.5, 0.6) is 0 Å². The number of carbonyl (C=O) groups is 1. The van der Waals surface area contributed by atoms with Crippen molar-refractivity contribution in [1.29, 1.82) is 0 Å². The van der Waals surface area contributed by atoms with Crippen LogP contribution in [0.25, 0.3) is 0 Å². The van der Waals surface area contributed by atoms with Gasteiger partial charge in [0.25, 0.3) is 0 Å². The summed E-state index contributed by atoms with van der Waals surface area (Å²) < 4.78 is 26.9. The summed E-state index contributed by atoms with van der Waals surface area (Å²) in [4.78, 5) is 11.4. The van der Waals surface area contributed by atoms with Crippen LogP contribution < -0.4 is 5.32 Å². The van der Waals surface area contributed by atoms with Gasteiger partial charge in [0.2, 0.25) is 0 Å². The van der Waals surface area contributed by atoms with E-state index in [0.29, 0.717) is 25.9 Å². The Labute approximate surface area is 104 Å². The van der Waals surface area contributed by atoms with Gasteiger partial charge in [0, 0.05) is 5.56 Å². The Hall–Kier alpha value is -1.49. The van der Waals surface area contributed by atoms with Gasteiger partial charge < -0.3 is 10.4 Å². The molecule has 0 amide bonds. The maximum atomic E-state index is 13.7. The molecular formula is C13H15F2NO2. The van der Waals surface area contributed by atoms with Crippen molar-refractivity contribution in [3.8, 4) is 0 Å². The van der Waals surface area contributed by atoms with Gasteiger partial charge in [-0.3, -0.25) is 4.79 Å². The summed E-state index contributed by atoms with van der Waals surface area (Å²) in [7, 11) is 0. The molecule has 5 heteroatoms. The minimum absolute atomic E-state index is 0.0469. The number of carboxylic acids is 1. The molecule has 1 unspecified atom stereocenters. The van der Waals surface area contributed by atoms with Crippen LogP contribution in [0.4, 0.5) is 8.78 Å². The highest BCUT2D eigenvalue weighted by Gasteiger charge is 2.32. The zero-order chi connectivity index (χ0) is 13.1. The molecule has 0 aliphatic carbocycles. The van der Waals surface area contributed by atoms with Gasteiger partial charge in [-0.15, -0.1) is 0 Å². The molecule has 0 aromatic heterocycles. The lowest BCUT2D eigenvalue weighted by atomic mass is 9.80. The second-order valence-corrected chi connectivity index (χ2v) is 4.57. The quantitative estimate of drug-likeness (QED) is 0.870. The maximum absolute atomic E-state index is 13.7. The number of nitrogens with one attached hydrogen (secondary N) is 1. The molecule has 1 atom stereocenters. The molecule has 98 valence electrons. The first-order valence-electron chi connectivity index (χ1n) is 5.98. The van der Waals surface area contributed by atoms with Gasteiger partial charge in [0.15, 0.2) is 0 Å². The highest BCUT2D eigenvalue weighted by Crippen LogP contribution is 2.33. The van der Waals surface area contributed by atoms with Crippen LogP contribution in [0.15, 0.2) is 18.2 Å². The van der Waals surface area contributed by atoms with Gasteiger partial charge in [0.1, 0.15) is 11.6 Å². The van der Waals surface area contributed by atoms with Crippen molar-refractivity contribution in [1.82, 2.24) is 5.32 Å². The van der Waals surface area contributed by atoms with Gasteiger partial charge in [-0.1, -0.05) is 0 Å². The Kier molecular flexibility index (Phi) is 3.91. The van der Waals surface area contributed by atoms with E-state index in [-0.39, 0.29) is 11.5 Å². The number of piperidine rings is 1. The minimum atomic E-state index is -1.09. The molecule has 1 saturated heterocycles. The van der Waals surface area contributed by atoms with E-state index >= 15 is 0 Å². The number of carboxylic acid groups (broad SMARTS) is 1. The Bertz CT molecular complexity index is 445. The Morgan fingerprint density at radius 1 is 1.33 bits per heavy atom. The lowest BCUT2D eigenvalue weighted by molar-refractivity contribution is -0.140. The number of aliphatic carboxylic acids is 1. The number of rotatable bonds is 3. The molecule has 1 aliphatic rings. The standard InChI is InChI=1S/C13H15F2NO2/c14-9-1-2-11(15)10(7-9)12(13(17)18)8-3-5-16-6-4-8/h1-2,7-8,12,16H,3-6H2,(H,17,18). The predicted molar refractivity (Wildman–Crippen MR) is 62.3 cm³/mol. The van der Waals surface area contributed by atoms with Gasteiger partial charge in [0.05, 0.1) is 5.92 Å². The summed E-state index contributed by atoms with van der Waals surface area (Å²) in [5.41, 5.74) is -0.0469. The molecular weight excluding hydrogens is 240 g/mol. The fourth-order valence-corrected chi connectivity index (χ4v) is 2.52. The highest BCUT2D eigenvalue weighted by atomic mass is 19.1. The monoisotopic (exact) mass is 255 g/mol. The molecule has 3 nitrogen and oxygen atoms in total. The molecule has 0 bridgehead atoms. The normalized spacial score (nSPS) is 18.6. The lowest BCUT2D eigenvalue weighted by Crippen LogP contribution is -2.34. The van der Waals surface area contributed by atoms with Crippen LogP contribution in [0.1, 0.15) is 24.3 Å². The van der Waals surface area contributed by atoms with Crippen LogP contribution >= 0.6 is 0 Å². The molecule has 2 N–H and O–H groups in total. The van der Waals surface area contributed by atoms with Gasteiger partial charge >= 0.3 is 5.97 Å². The van der Waals surface area contributed by atoms with Crippen LogP contribution in [0.2, 0.25) is 0 Å². The van der Waals surface area contributed by atoms with Crippen molar-refractivity contribution in [2.24, 2.45) is 5.92 Å². The van der Waals surface area contributed by atoms with E-state index in [1.54, 1.807) is 0 Å². The molecule has 18 heavy (non-hydrogen) atoms. The fourth-order valence-electron chi connectivity index (χ4n) is 2.52. The van der Waals surface area contributed by atoms with Crippen molar-refractivity contribution < 1.29 is 18.7 Å². The van der Waals surface area contributed by atoms with Gasteiger partial charge in [-0.25, -0.2) is 8.78 Å². The van der Waals surface area contributed by atoms with E-state index in [1.165, 1.54) is 0 Å². The van der Waals surface area contributed by atoms with Crippen molar-refractivity contribution in [3.05, 3.63) is 35.4 Å². The third-order valence-corrected chi connectivity index (χ3v) is 3.41. The van der Waals surface area contributed by atoms with Crippen molar-refractivity contribution in [3.63, 3.8) is 0 Å². The van der Waals surface area contributed by atoms with Crippen molar-refractivity contribution >= 4 is 5.97 Å². The van der Waals surface area contributed by atoms with Crippen molar-refractivity contribution in [2.45, 2.75) is 18.8 Å². The molecule has 1 aromatic carbocycles. The topological polar surface area (TPSA) is 49.3 Å². The summed E-state index contributed by atoms with van der Waals surface area (Å²) in [5.74, 6) is -3.47. The fraction of sp³-hybridized carbons (Fsp3) is 0.462. The molecule has 1 heterocycles. The highest BCUT2D eigenvalue weighted by molar-refractivity contribution is 5.76. The summed E-state index contributed by atoms with van der Waals surface area (Å²) in [6, 6.07) is 2.98. The molecule has 1 fully saturated rings. The molecule has 0 saturated carbocycles. The van der Waals surface area contributed by atoms with Gasteiger partial charge in [-0.2, -0.15) is 0 Å². The minimum Gasteiger partial charge on any atom is -0.481 e. The first-order valence-corrected chi connectivity index (χ1v) is 5.98. The third kappa shape index (κ3) is 2.67. The summed E-state index contributed by atoms with van der Waals surface area (Å²) in [6.45, 7) is 1.43. The Morgan fingerprint density at radius 2 is 2.00 bits per heavy atom. The third-order valence-electron chi connectivity index (χ3n) is 3.41. The second kappa shape index (κ2) is 5.44. The number of hydrogen-bond acceptors (Lipinski definition) is 2. The summed E-state index contributed by atoms with van der Waals surface area (Å²) >= 11 is 0. The SMILES string of the molecule is O=C(O)C(c1cc(F)ccc1F)C1CCNCC1. The first kappa shape index (κ1) is 13.0. The average Bonchev–Trinajstić information content (AvgIpc) is 2.35. The first-order chi connectivity index (χ1) is 8.59. The molecule has 2 rings (SSSR count). The van der Waals surface area contributed by atoms with Crippen LogP contribution in [-0.2, 0) is 4.79 Å². The maximum Gasteiger partial charge on any atom is 0.311 e. The molecule has 1 aromatic rings. The van der Waals surface area contributed by atoms with Crippen molar-refractivity contribution in [2.75, 3.05) is 13.1 Å². The number of benzene rings is 1. The van der Waals surface area contributed by atoms with Gasteiger partial charge in [-0.05, 0) is 50.0 Å². The van der Waals surface area contributed by atoms with E-state index < -0.39 is 23.5 Å². The summed E-state index contributed by atoms with van der Waals surface area (Å²) in [6.07, 6.45) is 1.32. The molecule has 0 spiro atoms. The smallest absolute Gasteiger partial charge is 0.311 e. The Morgan fingerprint density at radius 3 is 2.61 bits per heavy atom. The van der Waals surface area contributed by atoms with E-state index in [9.17, 15) is 18.7 Å². The van der Waals surface area contributed by atoms with E-state index in [4.69, 9.17) is 0 Å². The molecule has 1 aliphatic heterocycles. The number of hydrogen-bond donors (Lipinski definition) is 2. The molecule has 0 radical (unpaired) electrons. The van der Waals surface area contributed by atoms with Crippen LogP contribution in [0.3, 0.4) is 0 Å². The zero-order valence-electron chi connectivity index (χ0n) is 9.83. The summed E-state index contributed by atoms with van der Waals surface area (Å²) in [5, 5.41) is 12.4. The van der Waals surface area contributed by atoms with Crippen LogP contribution in [-0.4, -0.2) is 24.2 Å². The van der Waals surface area contributed by atoms with E-state index in [1.807, 2.05) is 0 Å². The van der Waals surface area contributed by atoms with E-state index in [2.05, 4.69) is 5.32 Å². The number of halogens is 2. The largest absolute Gasteiger partial charge is 0.481 e. The zero-order valence-corrected chi connectivity index (χ0v) is 9.83. The predicted octanol–water partition coefficient (Wildman–Crippen LogP) is 2.13. The lowest BCUT2D eigenvalue weighted by Gasteiger charge is -2.28.